The first kappa shape index (κ1) is 38.1. The summed E-state index contributed by atoms with van der Waals surface area (Å²) in [4.78, 5) is 15.6. The number of fused-ring (bicyclic) bond motifs is 7. The molecule has 4 fully saturated rings. The van der Waals surface area contributed by atoms with Crippen LogP contribution in [0.3, 0.4) is 0 Å². The minimum Gasteiger partial charge on any atom is -0.393 e. The van der Waals surface area contributed by atoms with Crippen molar-refractivity contribution in [2.24, 2.45) is 58.2 Å². The van der Waals surface area contributed by atoms with Gasteiger partial charge >= 0.3 is 0 Å². The van der Waals surface area contributed by atoms with Crippen LogP contribution in [0.4, 0.5) is 0 Å². The maximum Gasteiger partial charge on any atom is 0.227 e. The fraction of sp³-hybridized carbons (Fsp3) is 0.580. The van der Waals surface area contributed by atoms with Crippen LogP contribution in [-0.2, 0) is 4.79 Å². The molecule has 0 saturated heterocycles. The van der Waals surface area contributed by atoms with E-state index in [-0.39, 0.29) is 22.6 Å². The first-order valence-corrected chi connectivity index (χ1v) is 23.5. The molecule has 3 nitrogen and oxygen atoms in total. The van der Waals surface area contributed by atoms with E-state index in [2.05, 4.69) is 151 Å². The van der Waals surface area contributed by atoms with Crippen molar-refractivity contribution in [2.45, 2.75) is 124 Å². The molecule has 1 amide bonds. The van der Waals surface area contributed by atoms with Crippen LogP contribution in [0.15, 0.2) is 103 Å². The zero-order chi connectivity index (χ0) is 38.0. The van der Waals surface area contributed by atoms with Gasteiger partial charge < -0.3 is 10.4 Å². The summed E-state index contributed by atoms with van der Waals surface area (Å²) in [6.45, 7) is 16.7. The molecule has 3 aromatic rings. The molecule has 0 aromatic heterocycles. The monoisotopic (exact) mass is 744 g/mol. The van der Waals surface area contributed by atoms with Crippen molar-refractivity contribution in [1.82, 2.24) is 5.32 Å². The van der Waals surface area contributed by atoms with E-state index >= 15 is 4.79 Å². The molecule has 4 heteroatoms. The van der Waals surface area contributed by atoms with Crippen LogP contribution in [0.1, 0.15) is 106 Å². The molecule has 8 rings (SSSR count). The van der Waals surface area contributed by atoms with Crippen LogP contribution in [0.25, 0.3) is 0 Å². The molecule has 0 aliphatic heterocycles. The second-order valence-corrected chi connectivity index (χ2v) is 23.5. The summed E-state index contributed by atoms with van der Waals surface area (Å²) >= 11 is 0. The molecule has 288 valence electrons. The third kappa shape index (κ3) is 5.92. The van der Waals surface area contributed by atoms with Crippen molar-refractivity contribution in [3.63, 3.8) is 0 Å². The number of carbonyl (C=O) groups is 1. The van der Waals surface area contributed by atoms with Crippen molar-refractivity contribution in [3.05, 3.63) is 103 Å². The van der Waals surface area contributed by atoms with Crippen molar-refractivity contribution in [1.29, 1.82) is 0 Å². The summed E-state index contributed by atoms with van der Waals surface area (Å²) in [5, 5.41) is 19.0. The molecule has 4 saturated carbocycles. The second kappa shape index (κ2) is 14.3. The smallest absolute Gasteiger partial charge is 0.227 e. The number of carbonyl (C=O) groups excluding carboxylic acids is 1. The molecule has 0 bridgehead atoms. The highest BCUT2D eigenvalue weighted by Crippen LogP contribution is 2.66. The lowest BCUT2D eigenvalue weighted by Gasteiger charge is -2.61. The predicted molar refractivity (Wildman–Crippen MR) is 228 cm³/mol. The van der Waals surface area contributed by atoms with Gasteiger partial charge in [-0.1, -0.05) is 93.9 Å². The fourth-order valence-corrected chi connectivity index (χ4v) is 18.7. The van der Waals surface area contributed by atoms with Gasteiger partial charge in [-0.3, -0.25) is 4.79 Å². The van der Waals surface area contributed by atoms with Gasteiger partial charge in [-0.05, 0) is 168 Å². The Morgan fingerprint density at radius 3 is 1.87 bits per heavy atom. The van der Waals surface area contributed by atoms with E-state index in [9.17, 15) is 5.11 Å². The highest BCUT2D eigenvalue weighted by molar-refractivity contribution is 7.96. The number of aliphatic hydroxyl groups excluding tert-OH is 1. The summed E-state index contributed by atoms with van der Waals surface area (Å²) in [6, 6.07) is 33.5. The van der Waals surface area contributed by atoms with E-state index in [1.807, 2.05) is 0 Å². The molecule has 5 aliphatic rings. The van der Waals surface area contributed by atoms with Crippen LogP contribution in [0.2, 0.25) is 0 Å². The van der Waals surface area contributed by atoms with Crippen LogP contribution in [-0.4, -0.2) is 28.3 Å². The van der Waals surface area contributed by atoms with Crippen LogP contribution in [0, 0.1) is 58.2 Å². The SMILES string of the molecule is CC1C2C3=CCC4C(CCC5C4CCC(O)C5(C)C)C3CCC2(C(=O)NC(C)(C)C(C)[P+](c2ccccc2)(c2ccccc2)c2ccccc2)CC[C@H]1C. The molecular weight excluding hydrogens is 678 g/mol. The normalized spacial score (nSPS) is 35.3. The molecule has 0 radical (unpaired) electrons. The lowest BCUT2D eigenvalue weighted by molar-refractivity contribution is -0.146. The molecule has 3 aromatic carbocycles. The zero-order valence-electron chi connectivity index (χ0n) is 34.2. The Balaban J connectivity index is 1.14. The van der Waals surface area contributed by atoms with Crippen LogP contribution >= 0.6 is 7.26 Å². The van der Waals surface area contributed by atoms with Crippen molar-refractivity contribution in [3.8, 4) is 0 Å². The van der Waals surface area contributed by atoms with Gasteiger partial charge in [-0.15, -0.1) is 0 Å². The van der Waals surface area contributed by atoms with E-state index < -0.39 is 12.8 Å². The molecule has 10 unspecified atom stereocenters. The van der Waals surface area contributed by atoms with E-state index in [1.165, 1.54) is 41.6 Å². The molecule has 11 atom stereocenters. The van der Waals surface area contributed by atoms with Gasteiger partial charge in [0.05, 0.1) is 17.1 Å². The van der Waals surface area contributed by atoms with Gasteiger partial charge in [-0.2, -0.15) is 0 Å². The lowest BCUT2D eigenvalue weighted by Crippen LogP contribution is -2.63. The van der Waals surface area contributed by atoms with E-state index in [4.69, 9.17) is 0 Å². The first-order valence-electron chi connectivity index (χ1n) is 21.6. The molecular formula is C50H67NO2P+. The minimum atomic E-state index is -2.23. The molecule has 0 spiro atoms. The maximum atomic E-state index is 15.6. The standard InChI is InChI=1S/C50H66NO2P/c1-33-29-31-50(32-30-41-39-25-27-44-42(26-28-45(52)48(44,4)5)40(39)23-24-43(41)46(50)34(33)2)47(53)51-49(6,7)35(3)54(36-17-11-8-12-18-36,37-19-13-9-14-20-37)38-21-15-10-16-22-38/h8-22,24,33-35,39-42,44-46,52H,23,25-32H2,1-7H3/p+1/t33-,34?,35?,39?,40?,41?,42?,44?,45?,46?,50?/m1/s1. The Morgan fingerprint density at radius 2 is 1.30 bits per heavy atom. The Hall–Kier alpha value is -2.74. The average Bonchev–Trinajstić information content (AvgIpc) is 3.18. The van der Waals surface area contributed by atoms with Crippen molar-refractivity contribution < 1.29 is 9.90 Å². The number of nitrogens with one attached hydrogen (secondary N) is 1. The van der Waals surface area contributed by atoms with Gasteiger partial charge in [0.2, 0.25) is 5.91 Å². The summed E-state index contributed by atoms with van der Waals surface area (Å²) in [5.41, 5.74) is 0.972. The number of aliphatic hydroxyl groups is 1. The summed E-state index contributed by atoms with van der Waals surface area (Å²) in [5.74, 6) is 5.14. The van der Waals surface area contributed by atoms with Gasteiger partial charge in [-0.25, -0.2) is 0 Å². The third-order valence-corrected chi connectivity index (χ3v) is 22.1. The predicted octanol–water partition coefficient (Wildman–Crippen LogP) is 10.1. The Bertz CT molecular complexity index is 1720. The number of benzene rings is 3. The van der Waals surface area contributed by atoms with E-state index in [0.29, 0.717) is 35.5 Å². The number of hydrogen-bond donors (Lipinski definition) is 2. The number of amides is 1. The molecule has 5 aliphatic carbocycles. The number of rotatable bonds is 7. The Morgan fingerprint density at radius 1 is 0.759 bits per heavy atom. The fourth-order valence-electron chi connectivity index (χ4n) is 13.5. The summed E-state index contributed by atoms with van der Waals surface area (Å²) in [7, 11) is -2.23. The zero-order valence-corrected chi connectivity index (χ0v) is 35.1. The second-order valence-electron chi connectivity index (χ2n) is 19.8. The van der Waals surface area contributed by atoms with E-state index in [1.54, 1.807) is 5.57 Å². The van der Waals surface area contributed by atoms with Gasteiger partial charge in [0.25, 0.3) is 0 Å². The van der Waals surface area contributed by atoms with Crippen LogP contribution in [0.5, 0.6) is 0 Å². The highest BCUT2D eigenvalue weighted by Gasteiger charge is 2.62. The Labute approximate surface area is 327 Å². The summed E-state index contributed by atoms with van der Waals surface area (Å²) < 4.78 is 0. The van der Waals surface area contributed by atoms with Crippen molar-refractivity contribution in [2.75, 3.05) is 0 Å². The number of allylic oxidation sites excluding steroid dienone is 2. The van der Waals surface area contributed by atoms with Crippen LogP contribution < -0.4 is 21.2 Å². The van der Waals surface area contributed by atoms with E-state index in [0.717, 1.165) is 49.9 Å². The van der Waals surface area contributed by atoms with Gasteiger partial charge in [0, 0.05) is 0 Å². The van der Waals surface area contributed by atoms with Crippen molar-refractivity contribution >= 4 is 29.1 Å². The molecule has 54 heavy (non-hydrogen) atoms. The molecule has 2 N–H and O–H groups in total. The third-order valence-electron chi connectivity index (χ3n) is 16.9. The van der Waals surface area contributed by atoms with Gasteiger partial charge in [0.15, 0.2) is 0 Å². The largest absolute Gasteiger partial charge is 0.393 e. The quantitative estimate of drug-likeness (QED) is 0.187. The molecule has 0 heterocycles. The topological polar surface area (TPSA) is 49.3 Å². The average molecular weight is 745 g/mol. The number of hydrogen-bond acceptors (Lipinski definition) is 2. The first-order chi connectivity index (χ1) is 25.8. The Kier molecular flexibility index (Phi) is 10.1. The van der Waals surface area contributed by atoms with Gasteiger partial charge in [0.1, 0.15) is 28.8 Å². The summed E-state index contributed by atoms with van der Waals surface area (Å²) in [6.07, 6.45) is 12.6. The minimum absolute atomic E-state index is 0.0103. The maximum absolute atomic E-state index is 15.6. The lowest BCUT2D eigenvalue weighted by atomic mass is 9.44. The highest BCUT2D eigenvalue weighted by atomic mass is 31.2.